The van der Waals surface area contributed by atoms with E-state index < -0.39 is 6.10 Å². The van der Waals surface area contributed by atoms with E-state index in [-0.39, 0.29) is 5.92 Å². The van der Waals surface area contributed by atoms with Crippen molar-refractivity contribution in [3.63, 3.8) is 0 Å². The van der Waals surface area contributed by atoms with E-state index in [0.717, 1.165) is 17.3 Å². The van der Waals surface area contributed by atoms with Crippen LogP contribution in [0.3, 0.4) is 0 Å². The summed E-state index contributed by atoms with van der Waals surface area (Å²) in [4.78, 5) is 4.18. The molecule has 3 nitrogen and oxygen atoms in total. The molecule has 15 heavy (non-hydrogen) atoms. The Morgan fingerprint density at radius 2 is 2.27 bits per heavy atom. The van der Waals surface area contributed by atoms with Gasteiger partial charge in [-0.2, -0.15) is 0 Å². The zero-order valence-corrected chi connectivity index (χ0v) is 10.4. The number of hydrogen-bond donors (Lipinski definition) is 2. The van der Waals surface area contributed by atoms with Crippen LogP contribution in [0, 0.1) is 5.92 Å². The maximum atomic E-state index is 10.0. The highest BCUT2D eigenvalue weighted by Gasteiger charge is 2.19. The van der Waals surface area contributed by atoms with Gasteiger partial charge in [0.1, 0.15) is 0 Å². The van der Waals surface area contributed by atoms with E-state index in [0.29, 0.717) is 12.2 Å². The number of halogens is 1. The Labute approximate surface area is 98.8 Å². The van der Waals surface area contributed by atoms with Crippen molar-refractivity contribution in [1.82, 2.24) is 4.98 Å². The largest absolute Gasteiger partial charge is 0.386 e. The van der Waals surface area contributed by atoms with Gasteiger partial charge in [-0.05, 0) is 41.0 Å². The third-order valence-corrected chi connectivity index (χ3v) is 2.93. The summed E-state index contributed by atoms with van der Waals surface area (Å²) >= 11 is 3.31. The van der Waals surface area contributed by atoms with E-state index >= 15 is 0 Å². The van der Waals surface area contributed by atoms with Crippen LogP contribution < -0.4 is 5.73 Å². The molecule has 0 aliphatic rings. The van der Waals surface area contributed by atoms with Gasteiger partial charge in [-0.1, -0.05) is 13.3 Å². The predicted octanol–water partition coefficient (Wildman–Crippen LogP) is 2.25. The summed E-state index contributed by atoms with van der Waals surface area (Å²) in [6.45, 7) is 2.58. The quantitative estimate of drug-likeness (QED) is 0.865. The molecule has 0 radical (unpaired) electrons. The van der Waals surface area contributed by atoms with Crippen LogP contribution in [0.4, 0.5) is 0 Å². The fourth-order valence-electron chi connectivity index (χ4n) is 1.58. The van der Waals surface area contributed by atoms with Crippen molar-refractivity contribution < 1.29 is 5.11 Å². The van der Waals surface area contributed by atoms with Crippen molar-refractivity contribution in [2.45, 2.75) is 25.9 Å². The van der Waals surface area contributed by atoms with Crippen molar-refractivity contribution >= 4 is 15.9 Å². The van der Waals surface area contributed by atoms with Crippen molar-refractivity contribution in [3.8, 4) is 0 Å². The standard InChI is InChI=1S/C11H17BrN2O/c1-2-3-8(6-13)11(15)10-5-4-9(12)7-14-10/h4-5,7-8,11,15H,2-3,6,13H2,1H3. The molecule has 0 aromatic carbocycles. The molecule has 1 rings (SSSR count). The molecular formula is C11H17BrN2O. The normalized spacial score (nSPS) is 14.9. The molecule has 1 heterocycles. The topological polar surface area (TPSA) is 59.1 Å². The van der Waals surface area contributed by atoms with Gasteiger partial charge in [0.2, 0.25) is 0 Å². The fourth-order valence-corrected chi connectivity index (χ4v) is 1.81. The maximum absolute atomic E-state index is 10.0. The summed E-state index contributed by atoms with van der Waals surface area (Å²) in [5.74, 6) is 0.101. The minimum Gasteiger partial charge on any atom is -0.386 e. The number of aliphatic hydroxyl groups is 1. The molecule has 0 spiro atoms. The Morgan fingerprint density at radius 1 is 1.53 bits per heavy atom. The SMILES string of the molecule is CCCC(CN)C(O)c1ccc(Br)cn1. The second kappa shape index (κ2) is 6.20. The van der Waals surface area contributed by atoms with E-state index in [1.807, 2.05) is 12.1 Å². The lowest BCUT2D eigenvalue weighted by Gasteiger charge is -2.20. The number of nitrogens with zero attached hydrogens (tertiary/aromatic N) is 1. The van der Waals surface area contributed by atoms with Crippen molar-refractivity contribution in [1.29, 1.82) is 0 Å². The molecule has 0 saturated heterocycles. The van der Waals surface area contributed by atoms with Crippen LogP contribution >= 0.6 is 15.9 Å². The van der Waals surface area contributed by atoms with Crippen LogP contribution in [0.2, 0.25) is 0 Å². The monoisotopic (exact) mass is 272 g/mol. The van der Waals surface area contributed by atoms with Crippen LogP contribution in [-0.2, 0) is 0 Å². The molecule has 0 bridgehead atoms. The molecule has 2 atom stereocenters. The summed E-state index contributed by atoms with van der Waals surface area (Å²) < 4.78 is 0.915. The number of aliphatic hydroxyl groups excluding tert-OH is 1. The number of aromatic nitrogens is 1. The minimum atomic E-state index is -0.553. The van der Waals surface area contributed by atoms with Gasteiger partial charge in [0.25, 0.3) is 0 Å². The zero-order valence-electron chi connectivity index (χ0n) is 8.86. The molecule has 0 amide bonds. The molecule has 0 aliphatic heterocycles. The first-order valence-corrected chi connectivity index (χ1v) is 5.98. The first-order chi connectivity index (χ1) is 7.19. The Morgan fingerprint density at radius 3 is 2.73 bits per heavy atom. The highest BCUT2D eigenvalue weighted by atomic mass is 79.9. The lowest BCUT2D eigenvalue weighted by molar-refractivity contribution is 0.102. The van der Waals surface area contributed by atoms with E-state index in [1.165, 1.54) is 0 Å². The van der Waals surface area contributed by atoms with E-state index in [2.05, 4.69) is 27.8 Å². The van der Waals surface area contributed by atoms with Crippen molar-refractivity contribution in [2.75, 3.05) is 6.54 Å². The summed E-state index contributed by atoms with van der Waals surface area (Å²) in [6.07, 6.45) is 3.09. The van der Waals surface area contributed by atoms with Crippen molar-refractivity contribution in [2.24, 2.45) is 11.7 Å². The first-order valence-electron chi connectivity index (χ1n) is 5.18. The van der Waals surface area contributed by atoms with Crippen LogP contribution in [0.15, 0.2) is 22.8 Å². The Bertz CT molecular complexity index is 289. The third kappa shape index (κ3) is 3.55. The molecule has 3 N–H and O–H groups in total. The third-order valence-electron chi connectivity index (χ3n) is 2.46. The van der Waals surface area contributed by atoms with Gasteiger partial charge in [0.15, 0.2) is 0 Å². The summed E-state index contributed by atoms with van der Waals surface area (Å²) in [6, 6.07) is 3.71. The van der Waals surface area contributed by atoms with E-state index in [9.17, 15) is 5.11 Å². The minimum absolute atomic E-state index is 0.101. The first kappa shape index (κ1) is 12.6. The smallest absolute Gasteiger partial charge is 0.0999 e. The van der Waals surface area contributed by atoms with Crippen LogP contribution in [0.1, 0.15) is 31.6 Å². The molecule has 1 aromatic rings. The maximum Gasteiger partial charge on any atom is 0.0999 e. The molecular weight excluding hydrogens is 256 g/mol. The van der Waals surface area contributed by atoms with Gasteiger partial charge in [-0.15, -0.1) is 0 Å². The summed E-state index contributed by atoms with van der Waals surface area (Å²) in [7, 11) is 0. The Balaban J connectivity index is 2.73. The van der Waals surface area contributed by atoms with Gasteiger partial charge in [0.05, 0.1) is 11.8 Å². The Hall–Kier alpha value is -0.450. The fraction of sp³-hybridized carbons (Fsp3) is 0.545. The average molecular weight is 273 g/mol. The molecule has 0 saturated carbocycles. The average Bonchev–Trinajstić information content (AvgIpc) is 2.26. The highest BCUT2D eigenvalue weighted by Crippen LogP contribution is 2.24. The van der Waals surface area contributed by atoms with Gasteiger partial charge >= 0.3 is 0 Å². The predicted molar refractivity (Wildman–Crippen MR) is 64.3 cm³/mol. The second-order valence-corrected chi connectivity index (χ2v) is 4.55. The molecule has 84 valence electrons. The van der Waals surface area contributed by atoms with Crippen molar-refractivity contribution in [3.05, 3.63) is 28.5 Å². The highest BCUT2D eigenvalue weighted by molar-refractivity contribution is 9.10. The molecule has 4 heteroatoms. The Kier molecular flexibility index (Phi) is 5.22. The molecule has 0 aliphatic carbocycles. The number of rotatable bonds is 5. The van der Waals surface area contributed by atoms with Crippen LogP contribution in [0.25, 0.3) is 0 Å². The second-order valence-electron chi connectivity index (χ2n) is 3.63. The number of pyridine rings is 1. The van der Waals surface area contributed by atoms with Gasteiger partial charge in [0, 0.05) is 16.6 Å². The molecule has 0 fully saturated rings. The molecule has 1 aromatic heterocycles. The van der Waals surface area contributed by atoms with E-state index in [1.54, 1.807) is 6.20 Å². The molecule has 2 unspecified atom stereocenters. The number of nitrogens with two attached hydrogens (primary N) is 1. The zero-order chi connectivity index (χ0) is 11.3. The van der Waals surface area contributed by atoms with Crippen LogP contribution in [-0.4, -0.2) is 16.6 Å². The van der Waals surface area contributed by atoms with Gasteiger partial charge in [-0.25, -0.2) is 0 Å². The number of hydrogen-bond acceptors (Lipinski definition) is 3. The van der Waals surface area contributed by atoms with E-state index in [4.69, 9.17) is 5.73 Å². The van der Waals surface area contributed by atoms with Crippen LogP contribution in [0.5, 0.6) is 0 Å². The van der Waals surface area contributed by atoms with Gasteiger partial charge < -0.3 is 10.8 Å². The van der Waals surface area contributed by atoms with Gasteiger partial charge in [-0.3, -0.25) is 4.98 Å². The lowest BCUT2D eigenvalue weighted by Crippen LogP contribution is -2.22. The lowest BCUT2D eigenvalue weighted by atomic mass is 9.95. The summed E-state index contributed by atoms with van der Waals surface area (Å²) in [5, 5.41) is 10.0. The summed E-state index contributed by atoms with van der Waals surface area (Å²) in [5.41, 5.74) is 6.33.